The highest BCUT2D eigenvalue weighted by Crippen LogP contribution is 2.20. The Morgan fingerprint density at radius 3 is 2.74 bits per heavy atom. The lowest BCUT2D eigenvalue weighted by molar-refractivity contribution is 0.0974. The summed E-state index contributed by atoms with van der Waals surface area (Å²) in [4.78, 5) is 30.5. The van der Waals surface area contributed by atoms with Gasteiger partial charge in [0.05, 0.1) is 12.6 Å². The van der Waals surface area contributed by atoms with Crippen LogP contribution in [0.5, 0.6) is 0 Å². The smallest absolute Gasteiger partial charge is 0.332 e. The van der Waals surface area contributed by atoms with E-state index < -0.39 is 0 Å². The van der Waals surface area contributed by atoms with Crippen molar-refractivity contribution < 1.29 is 4.74 Å². The van der Waals surface area contributed by atoms with E-state index >= 15 is 0 Å². The average molecular weight is 373 g/mol. The van der Waals surface area contributed by atoms with Crippen molar-refractivity contribution in [2.45, 2.75) is 59.2 Å². The highest BCUT2D eigenvalue weighted by Gasteiger charge is 2.23. The quantitative estimate of drug-likeness (QED) is 0.682. The van der Waals surface area contributed by atoms with Crippen molar-refractivity contribution in [2.24, 2.45) is 13.0 Å². The summed E-state index contributed by atoms with van der Waals surface area (Å²) in [6.45, 7) is 8.10. The molecule has 3 aromatic heterocycles. The fourth-order valence-corrected chi connectivity index (χ4v) is 3.86. The molecule has 0 spiro atoms. The second kappa shape index (κ2) is 6.67. The predicted molar refractivity (Wildman–Crippen MR) is 103 cm³/mol. The van der Waals surface area contributed by atoms with Crippen molar-refractivity contribution in [1.29, 1.82) is 0 Å². The van der Waals surface area contributed by atoms with Crippen molar-refractivity contribution in [3.63, 3.8) is 0 Å². The van der Waals surface area contributed by atoms with E-state index in [-0.39, 0.29) is 17.4 Å². The Kier molecular flexibility index (Phi) is 4.46. The van der Waals surface area contributed by atoms with Gasteiger partial charge in [-0.1, -0.05) is 13.8 Å². The van der Waals surface area contributed by atoms with Crippen LogP contribution in [0.3, 0.4) is 0 Å². The van der Waals surface area contributed by atoms with Crippen molar-refractivity contribution in [3.8, 4) is 0 Å². The fourth-order valence-electron chi connectivity index (χ4n) is 3.86. The van der Waals surface area contributed by atoms with Gasteiger partial charge in [0, 0.05) is 32.1 Å². The van der Waals surface area contributed by atoms with Gasteiger partial charge >= 0.3 is 5.69 Å². The van der Waals surface area contributed by atoms with Crippen LogP contribution in [0.25, 0.3) is 16.9 Å². The summed E-state index contributed by atoms with van der Waals surface area (Å²) in [5.41, 5.74) is 1.34. The Bertz CT molecular complexity index is 1110. The molecule has 0 saturated carbocycles. The number of fused-ring (bicyclic) bond motifs is 3. The van der Waals surface area contributed by atoms with Gasteiger partial charge in [-0.2, -0.15) is 4.98 Å². The van der Waals surface area contributed by atoms with Crippen LogP contribution in [0.2, 0.25) is 0 Å². The summed E-state index contributed by atoms with van der Waals surface area (Å²) in [6, 6.07) is 0. The molecule has 1 fully saturated rings. The molecule has 0 aromatic carbocycles. The Morgan fingerprint density at radius 2 is 2.07 bits per heavy atom. The van der Waals surface area contributed by atoms with Crippen LogP contribution in [0, 0.1) is 12.8 Å². The molecular weight excluding hydrogens is 346 g/mol. The average Bonchev–Trinajstić information content (AvgIpc) is 3.31. The van der Waals surface area contributed by atoms with E-state index in [0.29, 0.717) is 35.9 Å². The maximum atomic E-state index is 13.1. The lowest BCUT2D eigenvalue weighted by Gasteiger charge is -2.11. The zero-order valence-electron chi connectivity index (χ0n) is 16.4. The molecule has 146 valence electrons. The van der Waals surface area contributed by atoms with Crippen molar-refractivity contribution in [3.05, 3.63) is 32.7 Å². The molecule has 27 heavy (non-hydrogen) atoms. The number of aromatic nitrogens is 5. The predicted octanol–water partition coefficient (Wildman–Crippen LogP) is 1.68. The van der Waals surface area contributed by atoms with Crippen LogP contribution in [0.4, 0.5) is 0 Å². The molecule has 0 amide bonds. The first-order chi connectivity index (χ1) is 12.9. The summed E-state index contributed by atoms with van der Waals surface area (Å²) >= 11 is 0. The molecule has 8 nitrogen and oxygen atoms in total. The second-order valence-corrected chi connectivity index (χ2v) is 7.95. The number of hydrogen-bond donors (Lipinski definition) is 0. The van der Waals surface area contributed by atoms with Crippen LogP contribution in [0.15, 0.2) is 15.8 Å². The number of aryl methyl sites for hydroxylation is 2. The van der Waals surface area contributed by atoms with Crippen molar-refractivity contribution >= 4 is 16.9 Å². The third-order valence-electron chi connectivity index (χ3n) is 5.48. The number of hydrogen-bond acceptors (Lipinski definition) is 4. The van der Waals surface area contributed by atoms with Gasteiger partial charge < -0.3 is 9.30 Å². The van der Waals surface area contributed by atoms with Crippen LogP contribution < -0.4 is 11.2 Å². The highest BCUT2D eigenvalue weighted by molar-refractivity contribution is 5.75. The molecule has 1 aliphatic rings. The maximum absolute atomic E-state index is 13.1. The van der Waals surface area contributed by atoms with Gasteiger partial charge in [-0.3, -0.25) is 18.3 Å². The van der Waals surface area contributed by atoms with Crippen LogP contribution in [-0.4, -0.2) is 35.8 Å². The largest absolute Gasteiger partial charge is 0.376 e. The first-order valence-electron chi connectivity index (χ1n) is 9.67. The normalized spacial score (nSPS) is 17.7. The summed E-state index contributed by atoms with van der Waals surface area (Å²) in [6.07, 6.45) is 4.99. The molecule has 1 aliphatic heterocycles. The van der Waals surface area contributed by atoms with E-state index in [0.717, 1.165) is 31.6 Å². The highest BCUT2D eigenvalue weighted by atomic mass is 16.5. The fraction of sp³-hybridized carbons (Fsp3) is 0.632. The first kappa shape index (κ1) is 18.0. The Hall–Kier alpha value is -2.35. The van der Waals surface area contributed by atoms with Crippen LogP contribution >= 0.6 is 0 Å². The lowest BCUT2D eigenvalue weighted by atomic mass is 10.1. The molecule has 4 rings (SSSR count). The van der Waals surface area contributed by atoms with Crippen LogP contribution in [-0.2, 0) is 24.9 Å². The Morgan fingerprint density at radius 1 is 1.30 bits per heavy atom. The molecule has 1 saturated heterocycles. The van der Waals surface area contributed by atoms with Gasteiger partial charge in [0.25, 0.3) is 5.56 Å². The van der Waals surface area contributed by atoms with E-state index in [2.05, 4.69) is 23.4 Å². The van der Waals surface area contributed by atoms with Crippen molar-refractivity contribution in [1.82, 2.24) is 23.1 Å². The number of nitrogens with zero attached hydrogens (tertiary/aromatic N) is 5. The molecule has 0 N–H and O–H groups in total. The Labute approximate surface area is 157 Å². The van der Waals surface area contributed by atoms with Gasteiger partial charge in [0.2, 0.25) is 5.78 Å². The SMILES string of the molecule is Cc1cn2c3c(=O)n(CCC(C)C)c(=O)n(C)c3nc2n1CC1CCCO1. The topological polar surface area (TPSA) is 75.5 Å². The van der Waals surface area contributed by atoms with Crippen LogP contribution in [0.1, 0.15) is 38.8 Å². The van der Waals surface area contributed by atoms with E-state index in [1.807, 2.05) is 17.5 Å². The van der Waals surface area contributed by atoms with E-state index in [9.17, 15) is 9.59 Å². The molecule has 0 aliphatic carbocycles. The summed E-state index contributed by atoms with van der Waals surface area (Å²) in [5, 5.41) is 0. The molecule has 4 heterocycles. The second-order valence-electron chi connectivity index (χ2n) is 7.95. The molecule has 3 aromatic rings. The monoisotopic (exact) mass is 373 g/mol. The standard InChI is InChI=1S/C19H27N5O3/c1-12(2)7-8-22-17(25)15-16(21(4)19(22)26)20-18-23(13(3)10-24(15)18)11-14-6-5-9-27-14/h10,12,14H,5-9,11H2,1-4H3. The van der Waals surface area contributed by atoms with Crippen molar-refractivity contribution in [2.75, 3.05) is 6.61 Å². The summed E-state index contributed by atoms with van der Waals surface area (Å²) < 4.78 is 12.5. The zero-order chi connectivity index (χ0) is 19.3. The van der Waals surface area contributed by atoms with E-state index in [4.69, 9.17) is 4.74 Å². The van der Waals surface area contributed by atoms with E-state index in [1.54, 1.807) is 7.05 Å². The first-order valence-corrected chi connectivity index (χ1v) is 9.67. The molecule has 1 unspecified atom stereocenters. The third-order valence-corrected chi connectivity index (χ3v) is 5.48. The lowest BCUT2D eigenvalue weighted by Crippen LogP contribution is -2.39. The molecule has 0 radical (unpaired) electrons. The number of rotatable bonds is 5. The molecule has 0 bridgehead atoms. The molecule has 8 heteroatoms. The van der Waals surface area contributed by atoms with Gasteiger partial charge in [0.15, 0.2) is 11.2 Å². The third kappa shape index (κ3) is 2.92. The van der Waals surface area contributed by atoms with E-state index in [1.165, 1.54) is 9.13 Å². The maximum Gasteiger partial charge on any atom is 0.332 e. The molecular formula is C19H27N5O3. The minimum Gasteiger partial charge on any atom is -0.376 e. The molecule has 1 atom stereocenters. The number of imidazole rings is 2. The Balaban J connectivity index is 1.90. The summed E-state index contributed by atoms with van der Waals surface area (Å²) in [5.74, 6) is 1.10. The number of ether oxygens (including phenoxy) is 1. The van der Waals surface area contributed by atoms with Gasteiger partial charge in [-0.15, -0.1) is 0 Å². The van der Waals surface area contributed by atoms with Gasteiger partial charge in [0.1, 0.15) is 0 Å². The van der Waals surface area contributed by atoms with Gasteiger partial charge in [-0.25, -0.2) is 4.79 Å². The minimum absolute atomic E-state index is 0.172. The van der Waals surface area contributed by atoms with Gasteiger partial charge in [-0.05, 0) is 32.1 Å². The summed E-state index contributed by atoms with van der Waals surface area (Å²) in [7, 11) is 1.68. The minimum atomic E-state index is -0.309. The zero-order valence-corrected chi connectivity index (χ0v) is 16.4.